The number of rotatable bonds is 11. The first-order valence-electron chi connectivity index (χ1n) is 10.9. The minimum atomic E-state index is -0.112. The molecule has 0 aliphatic carbocycles. The lowest BCUT2D eigenvalue weighted by atomic mass is 9.77. The number of ether oxygens (including phenoxy) is 1. The standard InChI is InChI=1S/C26H42O/c1-7-8-9-10-11-15-18-24(25(2,3)4)19-20-26(5,6)22-27-21-23-16-13-12-14-17-23/h12-14,16-17,24H,7-11,15,18,21-22H2,1-6H3. The highest BCUT2D eigenvalue weighted by Gasteiger charge is 2.23. The minimum Gasteiger partial charge on any atom is -0.375 e. The van der Waals surface area contributed by atoms with Crippen molar-refractivity contribution in [2.45, 2.75) is 93.1 Å². The molecule has 152 valence electrons. The number of hydrogen-bond donors (Lipinski definition) is 0. The summed E-state index contributed by atoms with van der Waals surface area (Å²) in [7, 11) is 0. The fraction of sp³-hybridized carbons (Fsp3) is 0.692. The molecule has 0 saturated carbocycles. The van der Waals surface area contributed by atoms with Gasteiger partial charge in [-0.05, 0) is 31.2 Å². The van der Waals surface area contributed by atoms with Crippen LogP contribution >= 0.6 is 0 Å². The van der Waals surface area contributed by atoms with Gasteiger partial charge < -0.3 is 4.74 Å². The molecule has 0 heterocycles. The molecule has 0 saturated heterocycles. The van der Waals surface area contributed by atoms with Crippen LogP contribution in [0.1, 0.15) is 92.1 Å². The third kappa shape index (κ3) is 11.2. The van der Waals surface area contributed by atoms with Gasteiger partial charge >= 0.3 is 0 Å². The van der Waals surface area contributed by atoms with E-state index in [1.54, 1.807) is 0 Å². The predicted molar refractivity (Wildman–Crippen MR) is 119 cm³/mol. The largest absolute Gasteiger partial charge is 0.375 e. The van der Waals surface area contributed by atoms with Gasteiger partial charge in [-0.25, -0.2) is 0 Å². The van der Waals surface area contributed by atoms with Gasteiger partial charge in [0.2, 0.25) is 0 Å². The van der Waals surface area contributed by atoms with E-state index in [-0.39, 0.29) is 10.8 Å². The van der Waals surface area contributed by atoms with Crippen LogP contribution in [0.5, 0.6) is 0 Å². The van der Waals surface area contributed by atoms with Crippen LogP contribution in [0, 0.1) is 28.6 Å². The van der Waals surface area contributed by atoms with Crippen LogP contribution in [0.3, 0.4) is 0 Å². The molecule has 0 fully saturated rings. The smallest absolute Gasteiger partial charge is 0.0717 e. The second-order valence-corrected chi connectivity index (χ2v) is 9.61. The molecule has 0 amide bonds. The molecule has 0 N–H and O–H groups in total. The van der Waals surface area contributed by atoms with Crippen molar-refractivity contribution in [2.75, 3.05) is 6.61 Å². The van der Waals surface area contributed by atoms with E-state index in [1.807, 2.05) is 6.07 Å². The number of hydrogen-bond acceptors (Lipinski definition) is 1. The Morgan fingerprint density at radius 2 is 1.52 bits per heavy atom. The van der Waals surface area contributed by atoms with Crippen molar-refractivity contribution in [2.24, 2.45) is 16.7 Å². The fourth-order valence-corrected chi connectivity index (χ4v) is 3.17. The van der Waals surface area contributed by atoms with Crippen LogP contribution in [-0.4, -0.2) is 6.61 Å². The van der Waals surface area contributed by atoms with Crippen LogP contribution < -0.4 is 0 Å². The second kappa shape index (κ2) is 12.2. The normalized spacial score (nSPS) is 13.1. The maximum absolute atomic E-state index is 5.94. The number of benzene rings is 1. The van der Waals surface area contributed by atoms with Gasteiger partial charge in [0.05, 0.1) is 13.2 Å². The third-order valence-corrected chi connectivity index (χ3v) is 5.05. The van der Waals surface area contributed by atoms with Crippen LogP contribution in [0.25, 0.3) is 0 Å². The van der Waals surface area contributed by atoms with E-state index in [9.17, 15) is 0 Å². The average molecular weight is 371 g/mol. The summed E-state index contributed by atoms with van der Waals surface area (Å²) in [4.78, 5) is 0. The quantitative estimate of drug-likeness (QED) is 0.287. The summed E-state index contributed by atoms with van der Waals surface area (Å²) in [6.45, 7) is 14.9. The highest BCUT2D eigenvalue weighted by molar-refractivity contribution is 5.15. The third-order valence-electron chi connectivity index (χ3n) is 5.05. The lowest BCUT2D eigenvalue weighted by Gasteiger charge is -2.27. The SMILES string of the molecule is CCCCCCCCC(C#CC(C)(C)COCc1ccccc1)C(C)(C)C. The predicted octanol–water partition coefficient (Wildman–Crippen LogP) is 7.65. The molecule has 1 rings (SSSR count). The average Bonchev–Trinajstić information content (AvgIpc) is 2.60. The Hall–Kier alpha value is -1.26. The Morgan fingerprint density at radius 1 is 0.889 bits per heavy atom. The van der Waals surface area contributed by atoms with E-state index in [4.69, 9.17) is 4.74 Å². The molecule has 1 aromatic carbocycles. The zero-order chi connectivity index (χ0) is 20.2. The van der Waals surface area contributed by atoms with E-state index >= 15 is 0 Å². The van der Waals surface area contributed by atoms with Gasteiger partial charge in [0, 0.05) is 11.3 Å². The van der Waals surface area contributed by atoms with Crippen LogP contribution in [0.2, 0.25) is 0 Å². The van der Waals surface area contributed by atoms with E-state index < -0.39 is 0 Å². The first-order chi connectivity index (χ1) is 12.7. The molecule has 27 heavy (non-hydrogen) atoms. The molecular formula is C26H42O. The van der Waals surface area contributed by atoms with Gasteiger partial charge in [0.15, 0.2) is 0 Å². The molecular weight excluding hydrogens is 328 g/mol. The molecule has 0 spiro atoms. The summed E-state index contributed by atoms with van der Waals surface area (Å²) in [5.41, 5.74) is 1.34. The van der Waals surface area contributed by atoms with Crippen molar-refractivity contribution in [1.29, 1.82) is 0 Å². The minimum absolute atomic E-state index is 0.112. The summed E-state index contributed by atoms with van der Waals surface area (Å²) >= 11 is 0. The Balaban J connectivity index is 2.49. The Labute approximate surface area is 169 Å². The molecule has 0 radical (unpaired) electrons. The van der Waals surface area contributed by atoms with Crippen LogP contribution in [-0.2, 0) is 11.3 Å². The Morgan fingerprint density at radius 3 is 2.15 bits per heavy atom. The van der Waals surface area contributed by atoms with Crippen molar-refractivity contribution >= 4 is 0 Å². The van der Waals surface area contributed by atoms with E-state index in [0.29, 0.717) is 19.1 Å². The highest BCUT2D eigenvalue weighted by Crippen LogP contribution is 2.30. The Bertz CT molecular complexity index is 553. The molecule has 1 aromatic rings. The second-order valence-electron chi connectivity index (χ2n) is 9.61. The molecule has 1 unspecified atom stereocenters. The number of unbranched alkanes of at least 4 members (excludes halogenated alkanes) is 5. The molecule has 0 aliphatic heterocycles. The van der Waals surface area contributed by atoms with Crippen LogP contribution in [0.15, 0.2) is 30.3 Å². The topological polar surface area (TPSA) is 9.23 Å². The molecule has 0 bridgehead atoms. The maximum Gasteiger partial charge on any atom is 0.0717 e. The monoisotopic (exact) mass is 370 g/mol. The molecule has 1 nitrogen and oxygen atoms in total. The summed E-state index contributed by atoms with van der Waals surface area (Å²) in [6.07, 6.45) is 9.30. The molecule has 1 atom stereocenters. The van der Waals surface area contributed by atoms with Crippen molar-refractivity contribution in [3.05, 3.63) is 35.9 Å². The summed E-state index contributed by atoms with van der Waals surface area (Å²) in [6, 6.07) is 10.4. The van der Waals surface area contributed by atoms with Gasteiger partial charge in [0.1, 0.15) is 0 Å². The zero-order valence-electron chi connectivity index (χ0n) is 18.7. The first-order valence-corrected chi connectivity index (χ1v) is 10.9. The van der Waals surface area contributed by atoms with Gasteiger partial charge in [-0.2, -0.15) is 0 Å². The fourth-order valence-electron chi connectivity index (χ4n) is 3.17. The molecule has 1 heteroatoms. The first kappa shape index (κ1) is 23.8. The Kier molecular flexibility index (Phi) is 10.8. The van der Waals surface area contributed by atoms with Crippen molar-refractivity contribution < 1.29 is 4.74 Å². The summed E-state index contributed by atoms with van der Waals surface area (Å²) in [5.74, 6) is 7.61. The van der Waals surface area contributed by atoms with E-state index in [1.165, 1.54) is 50.5 Å². The highest BCUT2D eigenvalue weighted by atomic mass is 16.5. The van der Waals surface area contributed by atoms with Crippen molar-refractivity contribution in [3.63, 3.8) is 0 Å². The van der Waals surface area contributed by atoms with Gasteiger partial charge in [0.25, 0.3) is 0 Å². The maximum atomic E-state index is 5.94. The zero-order valence-corrected chi connectivity index (χ0v) is 18.7. The lowest BCUT2D eigenvalue weighted by Crippen LogP contribution is -2.21. The van der Waals surface area contributed by atoms with Gasteiger partial charge in [-0.15, -0.1) is 0 Å². The summed E-state index contributed by atoms with van der Waals surface area (Å²) in [5, 5.41) is 0. The van der Waals surface area contributed by atoms with E-state index in [2.05, 4.69) is 77.6 Å². The van der Waals surface area contributed by atoms with Gasteiger partial charge in [-0.3, -0.25) is 0 Å². The molecule has 0 aliphatic rings. The lowest BCUT2D eigenvalue weighted by molar-refractivity contribution is 0.0751. The van der Waals surface area contributed by atoms with E-state index in [0.717, 1.165) is 0 Å². The van der Waals surface area contributed by atoms with Crippen molar-refractivity contribution in [3.8, 4) is 11.8 Å². The molecule has 0 aromatic heterocycles. The van der Waals surface area contributed by atoms with Crippen LogP contribution in [0.4, 0.5) is 0 Å². The van der Waals surface area contributed by atoms with Gasteiger partial charge in [-0.1, -0.05) is 108 Å². The summed E-state index contributed by atoms with van der Waals surface area (Å²) < 4.78 is 5.94. The van der Waals surface area contributed by atoms with Crippen molar-refractivity contribution in [1.82, 2.24) is 0 Å².